The second-order valence-electron chi connectivity index (χ2n) is 5.66. The predicted octanol–water partition coefficient (Wildman–Crippen LogP) is 3.45. The van der Waals surface area contributed by atoms with E-state index in [0.717, 1.165) is 6.42 Å². The third-order valence-corrected chi connectivity index (χ3v) is 4.46. The Kier molecular flexibility index (Phi) is 2.64. The van der Waals surface area contributed by atoms with Gasteiger partial charge in [0.15, 0.2) is 5.69 Å². The SMILES string of the molecule is Cc1ccccc1-c1ccc2c([n+]1C)Cc1cnccc1-2. The normalized spacial score (nSPS) is 12.1. The second-order valence-corrected chi connectivity index (χ2v) is 5.66. The molecule has 2 heteroatoms. The van der Waals surface area contributed by atoms with Crippen molar-refractivity contribution in [1.29, 1.82) is 0 Å². The Hall–Kier alpha value is -2.48. The first-order valence-electron chi connectivity index (χ1n) is 7.27. The summed E-state index contributed by atoms with van der Waals surface area (Å²) in [5.74, 6) is 0. The van der Waals surface area contributed by atoms with Crippen LogP contribution in [0.5, 0.6) is 0 Å². The van der Waals surface area contributed by atoms with Crippen LogP contribution in [0, 0.1) is 6.92 Å². The van der Waals surface area contributed by atoms with Gasteiger partial charge in [0.1, 0.15) is 7.05 Å². The van der Waals surface area contributed by atoms with E-state index in [1.165, 1.54) is 39.2 Å². The molecule has 21 heavy (non-hydrogen) atoms. The number of aromatic nitrogens is 2. The van der Waals surface area contributed by atoms with Crippen LogP contribution in [0.3, 0.4) is 0 Å². The number of benzene rings is 1. The number of nitrogens with zero attached hydrogens (tertiary/aromatic N) is 2. The highest BCUT2D eigenvalue weighted by molar-refractivity contribution is 5.75. The molecule has 2 heterocycles. The van der Waals surface area contributed by atoms with Gasteiger partial charge in [-0.2, -0.15) is 4.57 Å². The Morgan fingerprint density at radius 1 is 0.952 bits per heavy atom. The summed E-state index contributed by atoms with van der Waals surface area (Å²) in [5.41, 5.74) is 9.25. The van der Waals surface area contributed by atoms with Crippen LogP contribution >= 0.6 is 0 Å². The van der Waals surface area contributed by atoms with E-state index in [2.05, 4.69) is 66.0 Å². The Morgan fingerprint density at radius 3 is 2.67 bits per heavy atom. The Labute approximate surface area is 124 Å². The maximum absolute atomic E-state index is 4.25. The topological polar surface area (TPSA) is 16.8 Å². The van der Waals surface area contributed by atoms with Gasteiger partial charge < -0.3 is 0 Å². The molecule has 3 aromatic rings. The molecule has 0 bridgehead atoms. The first kappa shape index (κ1) is 12.3. The van der Waals surface area contributed by atoms with E-state index in [-0.39, 0.29) is 0 Å². The molecule has 2 aromatic heterocycles. The summed E-state index contributed by atoms with van der Waals surface area (Å²) >= 11 is 0. The number of pyridine rings is 2. The van der Waals surface area contributed by atoms with E-state index in [1.807, 2.05) is 12.4 Å². The summed E-state index contributed by atoms with van der Waals surface area (Å²) in [5, 5.41) is 0. The van der Waals surface area contributed by atoms with Crippen LogP contribution in [-0.4, -0.2) is 4.98 Å². The van der Waals surface area contributed by atoms with E-state index in [9.17, 15) is 0 Å². The lowest BCUT2D eigenvalue weighted by Gasteiger charge is -2.07. The van der Waals surface area contributed by atoms with Gasteiger partial charge in [-0.3, -0.25) is 4.98 Å². The van der Waals surface area contributed by atoms with Crippen molar-refractivity contribution in [2.45, 2.75) is 13.3 Å². The lowest BCUT2D eigenvalue weighted by atomic mass is 10.0. The molecular weight excluding hydrogens is 256 g/mol. The molecule has 0 radical (unpaired) electrons. The molecule has 0 spiro atoms. The molecule has 0 atom stereocenters. The second kappa shape index (κ2) is 4.52. The molecule has 0 saturated carbocycles. The lowest BCUT2D eigenvalue weighted by molar-refractivity contribution is -0.666. The number of aryl methyl sites for hydroxylation is 1. The molecule has 1 aliphatic rings. The average Bonchev–Trinajstić information content (AvgIpc) is 2.89. The minimum atomic E-state index is 0.967. The highest BCUT2D eigenvalue weighted by Crippen LogP contribution is 2.35. The van der Waals surface area contributed by atoms with Crippen LogP contribution in [0.4, 0.5) is 0 Å². The van der Waals surface area contributed by atoms with E-state index in [4.69, 9.17) is 0 Å². The highest BCUT2D eigenvalue weighted by Gasteiger charge is 2.28. The van der Waals surface area contributed by atoms with Crippen LogP contribution in [0.15, 0.2) is 54.9 Å². The molecule has 0 unspecified atom stereocenters. The van der Waals surface area contributed by atoms with Crippen molar-refractivity contribution in [3.8, 4) is 22.4 Å². The van der Waals surface area contributed by atoms with Gasteiger partial charge in [0.2, 0.25) is 5.69 Å². The average molecular weight is 273 g/mol. The summed E-state index contributed by atoms with van der Waals surface area (Å²) in [6.07, 6.45) is 4.83. The van der Waals surface area contributed by atoms with Gasteiger partial charge in [-0.05, 0) is 41.8 Å². The molecular formula is C19H17N2+. The van der Waals surface area contributed by atoms with Gasteiger partial charge in [0.25, 0.3) is 0 Å². The van der Waals surface area contributed by atoms with Crippen molar-refractivity contribution in [2.75, 3.05) is 0 Å². The van der Waals surface area contributed by atoms with Gasteiger partial charge >= 0.3 is 0 Å². The van der Waals surface area contributed by atoms with E-state index in [0.29, 0.717) is 0 Å². The van der Waals surface area contributed by atoms with Crippen molar-refractivity contribution in [2.24, 2.45) is 7.05 Å². The molecule has 0 amide bonds. The van der Waals surface area contributed by atoms with Crippen LogP contribution in [0.2, 0.25) is 0 Å². The van der Waals surface area contributed by atoms with E-state index < -0.39 is 0 Å². The summed E-state index contributed by atoms with van der Waals surface area (Å²) in [6.45, 7) is 2.17. The van der Waals surface area contributed by atoms with Crippen molar-refractivity contribution in [1.82, 2.24) is 4.98 Å². The van der Waals surface area contributed by atoms with Gasteiger partial charge in [0.05, 0.1) is 6.42 Å². The molecule has 4 rings (SSSR count). The highest BCUT2D eigenvalue weighted by atomic mass is 15.0. The summed E-state index contributed by atoms with van der Waals surface area (Å²) < 4.78 is 2.33. The van der Waals surface area contributed by atoms with Crippen molar-refractivity contribution in [3.05, 3.63) is 71.7 Å². The third kappa shape index (κ3) is 1.79. The third-order valence-electron chi connectivity index (χ3n) is 4.46. The first-order valence-corrected chi connectivity index (χ1v) is 7.27. The van der Waals surface area contributed by atoms with Crippen molar-refractivity contribution in [3.63, 3.8) is 0 Å². The molecule has 1 aliphatic carbocycles. The predicted molar refractivity (Wildman–Crippen MR) is 83.8 cm³/mol. The molecule has 0 aliphatic heterocycles. The Bertz CT molecular complexity index is 850. The summed E-state index contributed by atoms with van der Waals surface area (Å²) in [7, 11) is 2.17. The minimum Gasteiger partial charge on any atom is -0.264 e. The van der Waals surface area contributed by atoms with Crippen LogP contribution in [0.25, 0.3) is 22.4 Å². The first-order chi connectivity index (χ1) is 10.3. The van der Waals surface area contributed by atoms with E-state index in [1.54, 1.807) is 0 Å². The number of fused-ring (bicyclic) bond motifs is 3. The van der Waals surface area contributed by atoms with E-state index >= 15 is 0 Å². The molecule has 0 N–H and O–H groups in total. The maximum atomic E-state index is 4.25. The largest absolute Gasteiger partial charge is 0.264 e. The van der Waals surface area contributed by atoms with Crippen molar-refractivity contribution >= 4 is 0 Å². The van der Waals surface area contributed by atoms with Gasteiger partial charge in [0, 0.05) is 29.6 Å². The molecule has 1 aromatic carbocycles. The summed E-state index contributed by atoms with van der Waals surface area (Å²) in [6, 6.07) is 15.2. The molecule has 102 valence electrons. The van der Waals surface area contributed by atoms with Crippen LogP contribution in [0.1, 0.15) is 16.8 Å². The summed E-state index contributed by atoms with van der Waals surface area (Å²) in [4.78, 5) is 4.25. The zero-order valence-corrected chi connectivity index (χ0v) is 12.3. The molecule has 0 fully saturated rings. The molecule has 2 nitrogen and oxygen atoms in total. The molecule has 0 saturated heterocycles. The number of hydrogen-bond acceptors (Lipinski definition) is 1. The zero-order chi connectivity index (χ0) is 14.4. The standard InChI is InChI=1S/C19H17N2/c1-13-5-3-4-6-15(13)18-8-7-17-16-9-10-20-12-14(16)11-19(17)21(18)2/h3-10,12H,11H2,1-2H3/q+1. The maximum Gasteiger partial charge on any atom is 0.212 e. The van der Waals surface area contributed by atoms with Gasteiger partial charge in [-0.25, -0.2) is 0 Å². The fraction of sp³-hybridized carbons (Fsp3) is 0.158. The van der Waals surface area contributed by atoms with Crippen LogP contribution in [-0.2, 0) is 13.5 Å². The number of hydrogen-bond donors (Lipinski definition) is 0. The monoisotopic (exact) mass is 273 g/mol. The van der Waals surface area contributed by atoms with Gasteiger partial charge in [-0.1, -0.05) is 18.2 Å². The fourth-order valence-electron chi connectivity index (χ4n) is 3.30. The minimum absolute atomic E-state index is 0.967. The van der Waals surface area contributed by atoms with Gasteiger partial charge in [-0.15, -0.1) is 0 Å². The fourth-order valence-corrected chi connectivity index (χ4v) is 3.30. The quantitative estimate of drug-likeness (QED) is 0.485. The Balaban J connectivity index is 1.93. The zero-order valence-electron chi connectivity index (χ0n) is 12.3. The number of rotatable bonds is 1. The van der Waals surface area contributed by atoms with Crippen molar-refractivity contribution < 1.29 is 4.57 Å². The lowest BCUT2D eigenvalue weighted by Crippen LogP contribution is -2.36. The van der Waals surface area contributed by atoms with Crippen LogP contribution < -0.4 is 4.57 Å². The Morgan fingerprint density at radius 2 is 1.81 bits per heavy atom. The smallest absolute Gasteiger partial charge is 0.212 e.